The fraction of sp³-hybridized carbons (Fsp3) is 0. The van der Waals surface area contributed by atoms with E-state index in [9.17, 15) is 0 Å². The summed E-state index contributed by atoms with van der Waals surface area (Å²) in [6.45, 7) is 0. The van der Waals surface area contributed by atoms with Gasteiger partial charge in [-0.2, -0.15) is 0 Å². The largest absolute Gasteiger partial charge is 0.310 e. The molecular formula is C64H42N2S. The van der Waals surface area contributed by atoms with Gasteiger partial charge < -0.3 is 9.47 Å². The molecular weight excluding hydrogens is 829 g/mol. The zero-order chi connectivity index (χ0) is 44.3. The Kier molecular flexibility index (Phi) is 9.40. The molecule has 0 atom stereocenters. The van der Waals surface area contributed by atoms with E-state index in [2.05, 4.69) is 264 Å². The van der Waals surface area contributed by atoms with E-state index in [4.69, 9.17) is 0 Å². The molecule has 0 saturated heterocycles. The highest BCUT2D eigenvalue weighted by atomic mass is 32.1. The predicted molar refractivity (Wildman–Crippen MR) is 288 cm³/mol. The molecule has 0 spiro atoms. The average Bonchev–Trinajstić information content (AvgIpc) is 3.95. The first-order valence-corrected chi connectivity index (χ1v) is 23.7. The molecule has 2 aromatic heterocycles. The smallest absolute Gasteiger partial charge is 0.0562 e. The molecule has 0 fully saturated rings. The quantitative estimate of drug-likeness (QED) is 0.148. The molecule has 13 rings (SSSR count). The lowest BCUT2D eigenvalue weighted by Gasteiger charge is -2.29. The molecule has 0 aliphatic rings. The van der Waals surface area contributed by atoms with E-state index in [0.717, 1.165) is 28.3 Å². The lowest BCUT2D eigenvalue weighted by Crippen LogP contribution is -2.11. The summed E-state index contributed by atoms with van der Waals surface area (Å²) in [6.07, 6.45) is 0. The topological polar surface area (TPSA) is 8.17 Å². The third-order valence-corrected chi connectivity index (χ3v) is 14.6. The van der Waals surface area contributed by atoms with Crippen LogP contribution in [-0.2, 0) is 0 Å². The molecule has 2 heterocycles. The first kappa shape index (κ1) is 38.9. The first-order valence-electron chi connectivity index (χ1n) is 22.9. The van der Waals surface area contributed by atoms with Crippen molar-refractivity contribution in [3.8, 4) is 50.2 Å². The van der Waals surface area contributed by atoms with E-state index < -0.39 is 0 Å². The minimum absolute atomic E-state index is 1.08. The van der Waals surface area contributed by atoms with Gasteiger partial charge in [0, 0.05) is 59.1 Å². The fourth-order valence-corrected chi connectivity index (χ4v) is 11.5. The minimum atomic E-state index is 1.08. The Balaban J connectivity index is 1.07. The normalized spacial score (nSPS) is 11.6. The van der Waals surface area contributed by atoms with Gasteiger partial charge in [0.1, 0.15) is 0 Å². The molecule has 0 bridgehead atoms. The van der Waals surface area contributed by atoms with Crippen LogP contribution in [0.25, 0.3) is 103 Å². The third-order valence-electron chi connectivity index (χ3n) is 13.4. The molecule has 11 aromatic carbocycles. The molecule has 2 nitrogen and oxygen atoms in total. The summed E-state index contributed by atoms with van der Waals surface area (Å²) in [5.74, 6) is 0. The van der Waals surface area contributed by atoms with Crippen molar-refractivity contribution < 1.29 is 0 Å². The van der Waals surface area contributed by atoms with Crippen molar-refractivity contribution in [2.45, 2.75) is 0 Å². The number of thiophene rings is 1. The molecule has 0 aliphatic carbocycles. The van der Waals surface area contributed by atoms with Crippen molar-refractivity contribution in [1.29, 1.82) is 0 Å². The summed E-state index contributed by atoms with van der Waals surface area (Å²) in [5, 5.41) is 7.51. The zero-order valence-corrected chi connectivity index (χ0v) is 37.4. The number of hydrogen-bond donors (Lipinski definition) is 0. The Bertz CT molecular complexity index is 3940. The molecule has 0 N–H and O–H groups in total. The molecule has 67 heavy (non-hydrogen) atoms. The summed E-state index contributed by atoms with van der Waals surface area (Å²) in [7, 11) is 0. The van der Waals surface area contributed by atoms with Crippen LogP contribution in [0.15, 0.2) is 255 Å². The summed E-state index contributed by atoms with van der Waals surface area (Å²) in [5.41, 5.74) is 16.4. The predicted octanol–water partition coefficient (Wildman–Crippen LogP) is 18.4. The van der Waals surface area contributed by atoms with Crippen molar-refractivity contribution in [2.75, 3.05) is 4.90 Å². The zero-order valence-electron chi connectivity index (χ0n) is 36.6. The lowest BCUT2D eigenvalue weighted by molar-refractivity contribution is 1.18. The van der Waals surface area contributed by atoms with Crippen LogP contribution >= 0.6 is 11.3 Å². The summed E-state index contributed by atoms with van der Waals surface area (Å²) < 4.78 is 5.01. The van der Waals surface area contributed by atoms with E-state index >= 15 is 0 Å². The number of aromatic nitrogens is 1. The maximum atomic E-state index is 2.48. The molecule has 0 aliphatic heterocycles. The number of para-hydroxylation sites is 2. The number of nitrogens with zero attached hydrogens (tertiary/aromatic N) is 2. The number of anilines is 3. The number of rotatable bonds is 8. The standard InChI is InChI=1S/C64H42N2S/c1-4-17-43(18-5-1)44-31-35-48(36-32-44)65(49-37-33-46(34-38-49)51-40-39-50(45-19-6-2-7-20-45)52-23-10-11-24-53(51)52)61-42-62-58(54-25-12-14-29-60(54)66(62)47-21-8-3-9-22-47)41-59(61)57-28-16-27-56-55-26-13-15-30-63(55)67-64(56)57/h1-42H. The monoisotopic (exact) mass is 870 g/mol. The van der Waals surface area contributed by atoms with E-state index in [1.807, 2.05) is 11.3 Å². The van der Waals surface area contributed by atoms with Crippen molar-refractivity contribution in [3.05, 3.63) is 255 Å². The van der Waals surface area contributed by atoms with Gasteiger partial charge >= 0.3 is 0 Å². The summed E-state index contributed by atoms with van der Waals surface area (Å²) in [4.78, 5) is 2.48. The highest BCUT2D eigenvalue weighted by molar-refractivity contribution is 7.26. The summed E-state index contributed by atoms with van der Waals surface area (Å²) in [6, 6.07) is 93.3. The Morgan fingerprint density at radius 3 is 1.48 bits per heavy atom. The number of hydrogen-bond acceptors (Lipinski definition) is 2. The van der Waals surface area contributed by atoms with Gasteiger partial charge in [0.2, 0.25) is 0 Å². The van der Waals surface area contributed by atoms with Crippen molar-refractivity contribution in [1.82, 2.24) is 4.57 Å². The number of benzene rings is 11. The van der Waals surface area contributed by atoms with Crippen LogP contribution < -0.4 is 4.90 Å². The average molecular weight is 871 g/mol. The summed E-state index contributed by atoms with van der Waals surface area (Å²) >= 11 is 1.88. The SMILES string of the molecule is c1ccc(-c2ccc(N(c3ccc(-c4ccc(-c5ccccc5)c5ccccc45)cc3)c3cc4c(cc3-c3cccc5c3sc3ccccc35)c3ccccc3n4-c3ccccc3)cc2)cc1. The molecule has 3 heteroatoms. The second-order valence-corrected chi connectivity index (χ2v) is 18.3. The first-order chi connectivity index (χ1) is 33.2. The van der Waals surface area contributed by atoms with Gasteiger partial charge in [0.15, 0.2) is 0 Å². The van der Waals surface area contributed by atoms with E-state index in [1.54, 1.807) is 0 Å². The maximum Gasteiger partial charge on any atom is 0.0562 e. The van der Waals surface area contributed by atoms with Crippen LogP contribution in [0.3, 0.4) is 0 Å². The van der Waals surface area contributed by atoms with Crippen LogP contribution in [0.1, 0.15) is 0 Å². The van der Waals surface area contributed by atoms with Crippen molar-refractivity contribution >= 4 is 81.1 Å². The van der Waals surface area contributed by atoms with E-state index in [1.165, 1.54) is 91.7 Å². The number of fused-ring (bicyclic) bond motifs is 7. The molecule has 0 radical (unpaired) electrons. The van der Waals surface area contributed by atoms with Gasteiger partial charge in [-0.15, -0.1) is 11.3 Å². The van der Waals surface area contributed by atoms with Crippen LogP contribution in [0.5, 0.6) is 0 Å². The highest BCUT2D eigenvalue weighted by Gasteiger charge is 2.24. The van der Waals surface area contributed by atoms with Gasteiger partial charge in [0.25, 0.3) is 0 Å². The molecule has 0 saturated carbocycles. The molecule has 0 unspecified atom stereocenters. The van der Waals surface area contributed by atoms with Crippen LogP contribution in [0.4, 0.5) is 17.1 Å². The van der Waals surface area contributed by atoms with Crippen molar-refractivity contribution in [2.24, 2.45) is 0 Å². The van der Waals surface area contributed by atoms with Gasteiger partial charge in [-0.3, -0.25) is 0 Å². The van der Waals surface area contributed by atoms with Crippen LogP contribution in [0, 0.1) is 0 Å². The highest BCUT2D eigenvalue weighted by Crippen LogP contribution is 2.49. The van der Waals surface area contributed by atoms with Gasteiger partial charge in [0.05, 0.1) is 16.7 Å². The second-order valence-electron chi connectivity index (χ2n) is 17.2. The maximum absolute atomic E-state index is 2.48. The lowest BCUT2D eigenvalue weighted by atomic mass is 9.92. The minimum Gasteiger partial charge on any atom is -0.310 e. The Morgan fingerprint density at radius 1 is 0.299 bits per heavy atom. The van der Waals surface area contributed by atoms with E-state index in [0.29, 0.717) is 0 Å². The Hall–Kier alpha value is -8.50. The molecule has 314 valence electrons. The van der Waals surface area contributed by atoms with Crippen LogP contribution in [-0.4, -0.2) is 4.57 Å². The Morgan fingerprint density at radius 2 is 0.806 bits per heavy atom. The second kappa shape index (κ2) is 16.2. The molecule has 0 amide bonds. The van der Waals surface area contributed by atoms with Gasteiger partial charge in [-0.25, -0.2) is 0 Å². The van der Waals surface area contributed by atoms with E-state index in [-0.39, 0.29) is 0 Å². The van der Waals surface area contributed by atoms with Gasteiger partial charge in [-0.05, 0) is 105 Å². The molecule has 13 aromatic rings. The third kappa shape index (κ3) is 6.63. The van der Waals surface area contributed by atoms with Crippen LogP contribution in [0.2, 0.25) is 0 Å². The fourth-order valence-electron chi connectivity index (χ4n) is 10.3. The Labute approximate surface area is 393 Å². The van der Waals surface area contributed by atoms with Crippen molar-refractivity contribution in [3.63, 3.8) is 0 Å². The van der Waals surface area contributed by atoms with Gasteiger partial charge in [-0.1, -0.05) is 194 Å².